The Kier molecular flexibility index (Phi) is 6.31. The maximum absolute atomic E-state index is 13.3. The van der Waals surface area contributed by atoms with E-state index in [-0.39, 0.29) is 10.7 Å². The number of hydrogen-bond donors (Lipinski definition) is 1. The van der Waals surface area contributed by atoms with Crippen LogP contribution in [0.1, 0.15) is 21.5 Å². The molecule has 0 heterocycles. The first-order valence-corrected chi connectivity index (χ1v) is 9.65. The van der Waals surface area contributed by atoms with Crippen molar-refractivity contribution in [2.24, 2.45) is 0 Å². The third kappa shape index (κ3) is 5.09. The highest BCUT2D eigenvalue weighted by atomic mass is 35.5. The summed E-state index contributed by atoms with van der Waals surface area (Å²) in [6.07, 6.45) is -4.63. The fourth-order valence-corrected chi connectivity index (χ4v) is 3.74. The van der Waals surface area contributed by atoms with Crippen LogP contribution in [-0.4, -0.2) is 5.91 Å². The Morgan fingerprint density at radius 2 is 1.64 bits per heavy atom. The number of amides is 1. The average molecular weight is 422 g/mol. The smallest absolute Gasteiger partial charge is 0.321 e. The first-order valence-electron chi connectivity index (χ1n) is 8.28. The monoisotopic (exact) mass is 421 g/mol. The van der Waals surface area contributed by atoms with Crippen molar-refractivity contribution < 1.29 is 18.0 Å². The van der Waals surface area contributed by atoms with Crippen molar-refractivity contribution in [1.82, 2.24) is 0 Å². The molecule has 2 nitrogen and oxygen atoms in total. The highest BCUT2D eigenvalue weighted by Crippen LogP contribution is 2.37. The van der Waals surface area contributed by atoms with Crippen LogP contribution in [0.15, 0.2) is 77.7 Å². The molecule has 1 N–H and O–H groups in total. The van der Waals surface area contributed by atoms with Crippen molar-refractivity contribution in [2.45, 2.75) is 16.8 Å². The second-order valence-electron chi connectivity index (χ2n) is 5.91. The maximum Gasteiger partial charge on any atom is 0.418 e. The minimum atomic E-state index is -4.63. The number of rotatable bonds is 5. The molecule has 0 saturated carbocycles. The lowest BCUT2D eigenvalue weighted by Gasteiger charge is -2.15. The van der Waals surface area contributed by atoms with Gasteiger partial charge in [-0.3, -0.25) is 4.79 Å². The molecule has 3 aromatic carbocycles. The van der Waals surface area contributed by atoms with E-state index in [4.69, 9.17) is 11.6 Å². The van der Waals surface area contributed by atoms with Gasteiger partial charge in [-0.25, -0.2) is 0 Å². The van der Waals surface area contributed by atoms with Crippen LogP contribution in [0.2, 0.25) is 5.02 Å². The molecule has 7 heteroatoms. The molecule has 0 fully saturated rings. The molecule has 144 valence electrons. The van der Waals surface area contributed by atoms with E-state index in [1.807, 2.05) is 30.3 Å². The van der Waals surface area contributed by atoms with Gasteiger partial charge in [-0.05, 0) is 35.9 Å². The first-order chi connectivity index (χ1) is 13.3. The minimum Gasteiger partial charge on any atom is -0.321 e. The second-order valence-corrected chi connectivity index (χ2v) is 7.37. The largest absolute Gasteiger partial charge is 0.418 e. The Labute approximate surface area is 169 Å². The van der Waals surface area contributed by atoms with Crippen molar-refractivity contribution in [3.05, 3.63) is 94.5 Å². The molecule has 0 radical (unpaired) electrons. The van der Waals surface area contributed by atoms with Crippen molar-refractivity contribution in [3.8, 4) is 0 Å². The standard InChI is InChI=1S/C21H15ClF3NOS/c22-15-10-11-18(17(12-15)21(23,24)25)26-20(27)16-8-4-5-9-19(16)28-13-14-6-2-1-3-7-14/h1-12H,13H2,(H,26,27). The first kappa shape index (κ1) is 20.3. The van der Waals surface area contributed by atoms with Crippen LogP contribution >= 0.6 is 23.4 Å². The lowest BCUT2D eigenvalue weighted by atomic mass is 10.1. The lowest BCUT2D eigenvalue weighted by molar-refractivity contribution is -0.136. The van der Waals surface area contributed by atoms with Gasteiger partial charge in [0.1, 0.15) is 0 Å². The Hall–Kier alpha value is -2.44. The fraction of sp³-hybridized carbons (Fsp3) is 0.0952. The Bertz CT molecular complexity index is 977. The van der Waals surface area contributed by atoms with Crippen LogP contribution in [0.5, 0.6) is 0 Å². The van der Waals surface area contributed by atoms with Gasteiger partial charge in [0.2, 0.25) is 0 Å². The Morgan fingerprint density at radius 3 is 2.36 bits per heavy atom. The summed E-state index contributed by atoms with van der Waals surface area (Å²) in [5.41, 5.74) is 0.0822. The van der Waals surface area contributed by atoms with E-state index in [1.165, 1.54) is 17.8 Å². The zero-order chi connectivity index (χ0) is 20.1. The van der Waals surface area contributed by atoms with Gasteiger partial charge in [-0.1, -0.05) is 54.1 Å². The van der Waals surface area contributed by atoms with Gasteiger partial charge in [0.05, 0.1) is 16.8 Å². The van der Waals surface area contributed by atoms with E-state index in [0.29, 0.717) is 16.2 Å². The quantitative estimate of drug-likeness (QED) is 0.454. The average Bonchev–Trinajstić information content (AvgIpc) is 2.68. The number of benzene rings is 3. The van der Waals surface area contributed by atoms with Crippen LogP contribution in [-0.2, 0) is 11.9 Å². The zero-order valence-corrected chi connectivity index (χ0v) is 16.0. The van der Waals surface area contributed by atoms with E-state index >= 15 is 0 Å². The summed E-state index contributed by atoms with van der Waals surface area (Å²) in [7, 11) is 0. The van der Waals surface area contributed by atoms with E-state index in [1.54, 1.807) is 24.3 Å². The van der Waals surface area contributed by atoms with Gasteiger partial charge < -0.3 is 5.32 Å². The molecule has 0 atom stereocenters. The molecule has 0 saturated heterocycles. The zero-order valence-electron chi connectivity index (χ0n) is 14.5. The summed E-state index contributed by atoms with van der Waals surface area (Å²) in [6, 6.07) is 19.8. The van der Waals surface area contributed by atoms with E-state index in [2.05, 4.69) is 5.32 Å². The third-order valence-corrected chi connectivity index (χ3v) is 5.28. The minimum absolute atomic E-state index is 0.0517. The molecule has 0 aliphatic carbocycles. The molecule has 0 unspecified atom stereocenters. The normalized spacial score (nSPS) is 11.3. The van der Waals surface area contributed by atoms with Crippen molar-refractivity contribution in [2.75, 3.05) is 5.32 Å². The summed E-state index contributed by atoms with van der Waals surface area (Å²) in [6.45, 7) is 0. The predicted molar refractivity (Wildman–Crippen MR) is 107 cm³/mol. The van der Waals surface area contributed by atoms with Crippen molar-refractivity contribution in [3.63, 3.8) is 0 Å². The molecule has 0 aromatic heterocycles. The summed E-state index contributed by atoms with van der Waals surface area (Å²) in [4.78, 5) is 13.4. The molecule has 0 spiro atoms. The molecule has 0 bridgehead atoms. The number of anilines is 1. The molecular weight excluding hydrogens is 407 g/mol. The molecule has 0 aliphatic heterocycles. The van der Waals surface area contributed by atoms with Crippen LogP contribution in [0.25, 0.3) is 0 Å². The lowest BCUT2D eigenvalue weighted by Crippen LogP contribution is -2.17. The van der Waals surface area contributed by atoms with E-state index in [0.717, 1.165) is 17.7 Å². The van der Waals surface area contributed by atoms with Gasteiger partial charge in [0.25, 0.3) is 5.91 Å². The number of carbonyl (C=O) groups is 1. The fourth-order valence-electron chi connectivity index (χ4n) is 2.57. The van der Waals surface area contributed by atoms with Crippen molar-refractivity contribution >= 4 is 35.0 Å². The molecule has 3 aromatic rings. The molecule has 0 aliphatic rings. The third-order valence-electron chi connectivity index (χ3n) is 3.90. The molecule has 28 heavy (non-hydrogen) atoms. The summed E-state index contributed by atoms with van der Waals surface area (Å²) in [5.74, 6) is 0.0313. The highest BCUT2D eigenvalue weighted by molar-refractivity contribution is 7.98. The number of nitrogens with one attached hydrogen (secondary N) is 1. The van der Waals surface area contributed by atoms with Crippen LogP contribution in [0, 0.1) is 0 Å². The van der Waals surface area contributed by atoms with Gasteiger partial charge in [-0.15, -0.1) is 11.8 Å². The maximum atomic E-state index is 13.3. The number of carbonyl (C=O) groups excluding carboxylic acids is 1. The van der Waals surface area contributed by atoms with E-state index in [9.17, 15) is 18.0 Å². The molecular formula is C21H15ClF3NOS. The molecule has 1 amide bonds. The number of halogens is 4. The Morgan fingerprint density at radius 1 is 0.964 bits per heavy atom. The Balaban J connectivity index is 1.82. The van der Waals surface area contributed by atoms with Gasteiger partial charge in [0.15, 0.2) is 0 Å². The van der Waals surface area contributed by atoms with Gasteiger partial charge >= 0.3 is 6.18 Å². The predicted octanol–water partition coefficient (Wildman–Crippen LogP) is 6.90. The summed E-state index contributed by atoms with van der Waals surface area (Å²) >= 11 is 7.13. The topological polar surface area (TPSA) is 29.1 Å². The molecule has 3 rings (SSSR count). The van der Waals surface area contributed by atoms with Gasteiger partial charge in [-0.2, -0.15) is 13.2 Å². The van der Waals surface area contributed by atoms with Crippen molar-refractivity contribution in [1.29, 1.82) is 0 Å². The van der Waals surface area contributed by atoms with Crippen LogP contribution < -0.4 is 5.32 Å². The number of thioether (sulfide) groups is 1. The number of hydrogen-bond acceptors (Lipinski definition) is 2. The second kappa shape index (κ2) is 8.71. The summed E-state index contributed by atoms with van der Waals surface area (Å²) in [5, 5.41) is 2.32. The van der Waals surface area contributed by atoms with Crippen LogP contribution in [0.4, 0.5) is 18.9 Å². The highest BCUT2D eigenvalue weighted by Gasteiger charge is 2.34. The number of alkyl halides is 3. The SMILES string of the molecule is O=C(Nc1ccc(Cl)cc1C(F)(F)F)c1ccccc1SCc1ccccc1. The van der Waals surface area contributed by atoms with Gasteiger partial charge in [0, 0.05) is 15.7 Å². The van der Waals surface area contributed by atoms with E-state index < -0.39 is 17.6 Å². The van der Waals surface area contributed by atoms with Crippen LogP contribution in [0.3, 0.4) is 0 Å². The summed E-state index contributed by atoms with van der Waals surface area (Å²) < 4.78 is 39.8.